The highest BCUT2D eigenvalue weighted by atomic mass is 16.1. The van der Waals surface area contributed by atoms with Crippen LogP contribution in [0.25, 0.3) is 10.9 Å². The van der Waals surface area contributed by atoms with Gasteiger partial charge in [-0.2, -0.15) is 0 Å². The average Bonchev–Trinajstić information content (AvgIpc) is 2.36. The van der Waals surface area contributed by atoms with E-state index in [9.17, 15) is 4.79 Å². The molecule has 98 valence electrons. The first-order chi connectivity index (χ1) is 9.10. The highest BCUT2D eigenvalue weighted by Crippen LogP contribution is 2.29. The van der Waals surface area contributed by atoms with E-state index in [4.69, 9.17) is 4.98 Å². The van der Waals surface area contributed by atoms with Crippen LogP contribution >= 0.6 is 0 Å². The molecule has 3 heteroatoms. The highest BCUT2D eigenvalue weighted by Gasteiger charge is 2.21. The first kappa shape index (κ1) is 12.3. The van der Waals surface area contributed by atoms with Crippen molar-refractivity contribution in [3.8, 4) is 0 Å². The van der Waals surface area contributed by atoms with Crippen molar-refractivity contribution in [1.29, 1.82) is 0 Å². The highest BCUT2D eigenvalue weighted by molar-refractivity contribution is 6.00. The Bertz CT molecular complexity index is 676. The fourth-order valence-corrected chi connectivity index (χ4v) is 3.06. The standard InChI is InChI=1S/C16H18N2O/c1-10-6-11(2)16-13(9-19)12-8-18(3)5-4-14(12)17-15(16)7-10/h6-7,9H,4-5,8H2,1-3H3. The van der Waals surface area contributed by atoms with Gasteiger partial charge in [0.15, 0.2) is 6.29 Å². The van der Waals surface area contributed by atoms with Crippen LogP contribution in [-0.4, -0.2) is 29.8 Å². The van der Waals surface area contributed by atoms with Crippen LogP contribution in [0.1, 0.15) is 32.7 Å². The van der Waals surface area contributed by atoms with Crippen molar-refractivity contribution in [1.82, 2.24) is 9.88 Å². The second-order valence-corrected chi connectivity index (χ2v) is 5.53. The van der Waals surface area contributed by atoms with Gasteiger partial charge in [-0.25, -0.2) is 0 Å². The van der Waals surface area contributed by atoms with Crippen molar-refractivity contribution in [2.24, 2.45) is 0 Å². The van der Waals surface area contributed by atoms with Gasteiger partial charge in [0.05, 0.1) is 5.52 Å². The van der Waals surface area contributed by atoms with Crippen LogP contribution in [0.2, 0.25) is 0 Å². The smallest absolute Gasteiger partial charge is 0.151 e. The van der Waals surface area contributed by atoms with Crippen LogP contribution in [0, 0.1) is 13.8 Å². The minimum Gasteiger partial charge on any atom is -0.302 e. The summed E-state index contributed by atoms with van der Waals surface area (Å²) >= 11 is 0. The molecule has 1 aliphatic rings. The lowest BCUT2D eigenvalue weighted by Gasteiger charge is -2.26. The van der Waals surface area contributed by atoms with E-state index in [-0.39, 0.29) is 0 Å². The Kier molecular flexibility index (Phi) is 2.86. The fraction of sp³-hybridized carbons (Fsp3) is 0.375. The summed E-state index contributed by atoms with van der Waals surface area (Å²) in [7, 11) is 2.09. The van der Waals surface area contributed by atoms with Gasteiger partial charge in [0.25, 0.3) is 0 Å². The number of hydrogen-bond acceptors (Lipinski definition) is 3. The van der Waals surface area contributed by atoms with Gasteiger partial charge in [-0.05, 0) is 43.7 Å². The van der Waals surface area contributed by atoms with Crippen molar-refractivity contribution in [2.75, 3.05) is 13.6 Å². The normalized spacial score (nSPS) is 15.5. The van der Waals surface area contributed by atoms with Gasteiger partial charge in [-0.1, -0.05) is 6.07 Å². The molecule has 0 aliphatic carbocycles. The lowest BCUT2D eigenvalue weighted by Crippen LogP contribution is -2.28. The first-order valence-electron chi connectivity index (χ1n) is 6.66. The predicted molar refractivity (Wildman–Crippen MR) is 76.6 cm³/mol. The largest absolute Gasteiger partial charge is 0.302 e. The van der Waals surface area contributed by atoms with Gasteiger partial charge in [0, 0.05) is 36.2 Å². The molecule has 0 saturated heterocycles. The Morgan fingerprint density at radius 1 is 1.32 bits per heavy atom. The molecular formula is C16H18N2O. The minimum absolute atomic E-state index is 0.819. The quantitative estimate of drug-likeness (QED) is 0.733. The molecule has 0 saturated carbocycles. The van der Waals surface area contributed by atoms with Crippen molar-refractivity contribution in [3.63, 3.8) is 0 Å². The maximum atomic E-state index is 11.6. The molecule has 19 heavy (non-hydrogen) atoms. The van der Waals surface area contributed by atoms with Gasteiger partial charge in [0.1, 0.15) is 0 Å². The molecule has 1 aliphatic heterocycles. The number of rotatable bonds is 1. The first-order valence-corrected chi connectivity index (χ1v) is 6.66. The monoisotopic (exact) mass is 254 g/mol. The molecule has 0 bridgehead atoms. The van der Waals surface area contributed by atoms with Gasteiger partial charge in [-0.15, -0.1) is 0 Å². The minimum atomic E-state index is 0.819. The van der Waals surface area contributed by atoms with Gasteiger partial charge >= 0.3 is 0 Å². The number of nitrogens with zero attached hydrogens (tertiary/aromatic N) is 2. The second kappa shape index (κ2) is 4.42. The van der Waals surface area contributed by atoms with Crippen molar-refractivity contribution >= 4 is 17.2 Å². The lowest BCUT2D eigenvalue weighted by molar-refractivity contribution is 0.112. The van der Waals surface area contributed by atoms with Crippen molar-refractivity contribution in [2.45, 2.75) is 26.8 Å². The summed E-state index contributed by atoms with van der Waals surface area (Å²) in [6, 6.07) is 4.20. The molecule has 0 radical (unpaired) electrons. The molecule has 0 spiro atoms. The van der Waals surface area contributed by atoms with E-state index in [0.29, 0.717) is 0 Å². The SMILES string of the molecule is Cc1cc(C)c2c(C=O)c3c(nc2c1)CCN(C)C3. The van der Waals surface area contributed by atoms with Crippen LogP contribution in [0.5, 0.6) is 0 Å². The Hall–Kier alpha value is -1.74. The zero-order valence-corrected chi connectivity index (χ0v) is 11.7. The van der Waals surface area contributed by atoms with Crippen molar-refractivity contribution < 1.29 is 4.79 Å². The van der Waals surface area contributed by atoms with Crippen molar-refractivity contribution in [3.05, 3.63) is 40.1 Å². The van der Waals surface area contributed by atoms with E-state index in [1.54, 1.807) is 0 Å². The number of fused-ring (bicyclic) bond motifs is 2. The Morgan fingerprint density at radius 2 is 2.11 bits per heavy atom. The molecule has 0 fully saturated rings. The van der Waals surface area contributed by atoms with E-state index in [1.807, 2.05) is 0 Å². The topological polar surface area (TPSA) is 33.2 Å². The fourth-order valence-electron chi connectivity index (χ4n) is 3.06. The van der Waals surface area contributed by atoms with E-state index in [2.05, 4.69) is 37.9 Å². The number of hydrogen-bond donors (Lipinski definition) is 0. The molecular weight excluding hydrogens is 236 g/mol. The third kappa shape index (κ3) is 1.94. The van der Waals surface area contributed by atoms with Gasteiger partial charge < -0.3 is 4.90 Å². The Balaban J connectivity index is 2.39. The maximum Gasteiger partial charge on any atom is 0.151 e. The number of aryl methyl sites for hydroxylation is 2. The zero-order chi connectivity index (χ0) is 13.6. The van der Waals surface area contributed by atoms with Crippen LogP contribution in [0.3, 0.4) is 0 Å². The number of carbonyl (C=O) groups is 1. The third-order valence-corrected chi connectivity index (χ3v) is 3.93. The van der Waals surface area contributed by atoms with E-state index in [0.717, 1.165) is 59.1 Å². The number of likely N-dealkylation sites (N-methyl/N-ethyl adjacent to an activating group) is 1. The summed E-state index contributed by atoms with van der Waals surface area (Å²) in [6.45, 7) is 5.96. The third-order valence-electron chi connectivity index (χ3n) is 3.93. The molecule has 2 aromatic rings. The molecule has 0 unspecified atom stereocenters. The molecule has 1 aromatic heterocycles. The van der Waals surface area contributed by atoms with Gasteiger partial charge in [-0.3, -0.25) is 9.78 Å². The summed E-state index contributed by atoms with van der Waals surface area (Å²) in [6.07, 6.45) is 1.93. The summed E-state index contributed by atoms with van der Waals surface area (Å²) in [5, 5.41) is 1.02. The second-order valence-electron chi connectivity index (χ2n) is 5.53. The predicted octanol–water partition coefficient (Wildman–Crippen LogP) is 2.65. The van der Waals surface area contributed by atoms with E-state index < -0.39 is 0 Å². The van der Waals surface area contributed by atoms with Crippen LogP contribution in [0.4, 0.5) is 0 Å². The Labute approximate surface area is 113 Å². The Morgan fingerprint density at radius 3 is 2.84 bits per heavy atom. The van der Waals surface area contributed by atoms with Gasteiger partial charge in [0.2, 0.25) is 0 Å². The number of pyridine rings is 1. The van der Waals surface area contributed by atoms with Crippen LogP contribution in [-0.2, 0) is 13.0 Å². The van der Waals surface area contributed by atoms with Crippen LogP contribution in [0.15, 0.2) is 12.1 Å². The van der Waals surface area contributed by atoms with Crippen LogP contribution < -0.4 is 0 Å². The molecule has 0 N–H and O–H groups in total. The summed E-state index contributed by atoms with van der Waals surface area (Å²) in [4.78, 5) is 18.6. The number of aldehydes is 1. The summed E-state index contributed by atoms with van der Waals surface area (Å²) in [5.74, 6) is 0. The average molecular weight is 254 g/mol. The maximum absolute atomic E-state index is 11.6. The van der Waals surface area contributed by atoms with E-state index >= 15 is 0 Å². The molecule has 0 atom stereocenters. The lowest BCUT2D eigenvalue weighted by atomic mass is 9.94. The van der Waals surface area contributed by atoms with E-state index in [1.165, 1.54) is 5.56 Å². The number of aromatic nitrogens is 1. The molecule has 0 amide bonds. The number of carbonyl (C=O) groups excluding carboxylic acids is 1. The summed E-state index contributed by atoms with van der Waals surface area (Å²) in [5.41, 5.74) is 6.34. The zero-order valence-electron chi connectivity index (χ0n) is 11.7. The molecule has 2 heterocycles. The number of benzene rings is 1. The molecule has 3 nitrogen and oxygen atoms in total. The molecule has 1 aromatic carbocycles. The summed E-state index contributed by atoms with van der Waals surface area (Å²) < 4.78 is 0. The molecule has 3 rings (SSSR count).